The third-order valence-electron chi connectivity index (χ3n) is 3.81. The van der Waals surface area contributed by atoms with Gasteiger partial charge in [-0.2, -0.15) is 0 Å². The maximum atomic E-state index is 12.2. The Balaban J connectivity index is 1.80. The van der Waals surface area contributed by atoms with Gasteiger partial charge in [0, 0.05) is 23.0 Å². The van der Waals surface area contributed by atoms with E-state index in [9.17, 15) is 13.2 Å². The number of hydrogen-bond donors (Lipinski definition) is 2. The molecular formula is C18H18N2O4S. The van der Waals surface area contributed by atoms with Crippen LogP contribution in [0, 0.1) is 0 Å². The third kappa shape index (κ3) is 4.26. The van der Waals surface area contributed by atoms with Crippen LogP contribution in [0.15, 0.2) is 59.4 Å². The summed E-state index contributed by atoms with van der Waals surface area (Å²) in [5.74, 6) is 0.530. The van der Waals surface area contributed by atoms with E-state index < -0.39 is 10.0 Å². The van der Waals surface area contributed by atoms with Crippen molar-refractivity contribution in [3.8, 4) is 5.75 Å². The van der Waals surface area contributed by atoms with Crippen LogP contribution < -0.4 is 15.0 Å². The minimum absolute atomic E-state index is 0.0718. The number of hydrogen-bond acceptors (Lipinski definition) is 4. The molecule has 0 radical (unpaired) electrons. The van der Waals surface area contributed by atoms with Crippen LogP contribution in [0.25, 0.3) is 10.9 Å². The Bertz CT molecular complexity index is 1040. The predicted octanol–water partition coefficient (Wildman–Crippen LogP) is 2.16. The molecule has 7 heteroatoms. The van der Waals surface area contributed by atoms with Crippen LogP contribution in [0.4, 0.5) is 0 Å². The topological polar surface area (TPSA) is 88.3 Å². The molecule has 0 saturated carbocycles. The highest BCUT2D eigenvalue weighted by atomic mass is 32.2. The number of H-pyrrole nitrogens is 1. The van der Waals surface area contributed by atoms with Crippen molar-refractivity contribution in [1.82, 2.24) is 9.71 Å². The van der Waals surface area contributed by atoms with Crippen LogP contribution in [-0.4, -0.2) is 20.5 Å². The molecule has 0 saturated heterocycles. The van der Waals surface area contributed by atoms with Gasteiger partial charge in [0.25, 0.3) is 5.56 Å². The average Bonchev–Trinajstić information content (AvgIpc) is 2.60. The smallest absolute Gasteiger partial charge is 0.252 e. The summed E-state index contributed by atoms with van der Waals surface area (Å²) in [4.78, 5) is 14.9. The summed E-state index contributed by atoms with van der Waals surface area (Å²) >= 11 is 0. The summed E-state index contributed by atoms with van der Waals surface area (Å²) in [5.41, 5.74) is 1.38. The lowest BCUT2D eigenvalue weighted by molar-refractivity contribution is 0.415. The molecule has 25 heavy (non-hydrogen) atoms. The van der Waals surface area contributed by atoms with Crippen molar-refractivity contribution in [3.05, 3.63) is 76.1 Å². The van der Waals surface area contributed by atoms with Gasteiger partial charge in [-0.3, -0.25) is 4.79 Å². The summed E-state index contributed by atoms with van der Waals surface area (Å²) in [5, 5.41) is 0.774. The molecule has 3 rings (SSSR count). The number of methoxy groups -OCH3 is 1. The number of rotatable bonds is 6. The van der Waals surface area contributed by atoms with Crippen LogP contribution in [0.2, 0.25) is 0 Å². The van der Waals surface area contributed by atoms with Gasteiger partial charge in [0.1, 0.15) is 5.75 Å². The number of ether oxygens (including phenoxy) is 1. The molecule has 0 amide bonds. The standard InChI is InChI=1S/C18H18N2O4S/c1-24-16-7-8-17-14(10-16)9-15(18(21)20-17)11-19-25(22,23)12-13-5-3-2-4-6-13/h2-10,19H,11-12H2,1H3,(H,20,21). The second-order valence-corrected chi connectivity index (χ2v) is 7.45. The van der Waals surface area contributed by atoms with Crippen LogP contribution in [0.3, 0.4) is 0 Å². The molecule has 0 atom stereocenters. The van der Waals surface area contributed by atoms with E-state index in [4.69, 9.17) is 4.74 Å². The van der Waals surface area contributed by atoms with Crippen molar-refractivity contribution in [2.75, 3.05) is 7.11 Å². The highest BCUT2D eigenvalue weighted by Crippen LogP contribution is 2.18. The predicted molar refractivity (Wildman–Crippen MR) is 97.0 cm³/mol. The number of fused-ring (bicyclic) bond motifs is 1. The van der Waals surface area contributed by atoms with Crippen molar-refractivity contribution in [3.63, 3.8) is 0 Å². The normalized spacial score (nSPS) is 11.6. The van der Waals surface area contributed by atoms with Crippen molar-refractivity contribution in [1.29, 1.82) is 0 Å². The lowest BCUT2D eigenvalue weighted by atomic mass is 10.1. The molecule has 2 N–H and O–H groups in total. The highest BCUT2D eigenvalue weighted by molar-refractivity contribution is 7.88. The Morgan fingerprint density at radius 2 is 1.84 bits per heavy atom. The van der Waals surface area contributed by atoms with Gasteiger partial charge in [-0.05, 0) is 29.8 Å². The summed E-state index contributed by atoms with van der Waals surface area (Å²) in [6.45, 7) is -0.0718. The quantitative estimate of drug-likeness (QED) is 0.707. The largest absolute Gasteiger partial charge is 0.497 e. The van der Waals surface area contributed by atoms with Crippen LogP contribution in [0.1, 0.15) is 11.1 Å². The molecule has 3 aromatic rings. The number of pyridine rings is 1. The molecule has 6 nitrogen and oxygen atoms in total. The zero-order valence-corrected chi connectivity index (χ0v) is 14.5. The molecule has 0 aliphatic carbocycles. The van der Waals surface area contributed by atoms with E-state index in [2.05, 4.69) is 9.71 Å². The van der Waals surface area contributed by atoms with E-state index in [1.807, 2.05) is 6.07 Å². The van der Waals surface area contributed by atoms with Gasteiger partial charge >= 0.3 is 0 Å². The summed E-state index contributed by atoms with van der Waals surface area (Å²) < 4.78 is 32.1. The van der Waals surface area contributed by atoms with Gasteiger partial charge in [0.15, 0.2) is 0 Å². The minimum atomic E-state index is -3.54. The van der Waals surface area contributed by atoms with Crippen molar-refractivity contribution < 1.29 is 13.2 Å². The minimum Gasteiger partial charge on any atom is -0.497 e. The molecular weight excluding hydrogens is 340 g/mol. The summed E-state index contributed by atoms with van der Waals surface area (Å²) in [6, 6.07) is 15.8. The van der Waals surface area contributed by atoms with E-state index in [1.54, 1.807) is 55.6 Å². The SMILES string of the molecule is COc1ccc2[nH]c(=O)c(CNS(=O)(=O)Cc3ccccc3)cc2c1. The number of nitrogens with one attached hydrogen (secondary N) is 2. The van der Waals surface area contributed by atoms with E-state index in [0.29, 0.717) is 22.4 Å². The monoisotopic (exact) mass is 358 g/mol. The summed E-state index contributed by atoms with van der Waals surface area (Å²) in [7, 11) is -1.98. The Labute approximate surface area is 145 Å². The Morgan fingerprint density at radius 1 is 1.08 bits per heavy atom. The highest BCUT2D eigenvalue weighted by Gasteiger charge is 2.13. The van der Waals surface area contributed by atoms with Gasteiger partial charge in [-0.1, -0.05) is 30.3 Å². The molecule has 2 aromatic carbocycles. The van der Waals surface area contributed by atoms with Gasteiger partial charge < -0.3 is 9.72 Å². The third-order valence-corrected chi connectivity index (χ3v) is 5.11. The lowest BCUT2D eigenvalue weighted by Crippen LogP contribution is -2.28. The number of benzene rings is 2. The van der Waals surface area contributed by atoms with Crippen molar-refractivity contribution in [2.24, 2.45) is 0 Å². The first-order valence-electron chi connectivity index (χ1n) is 7.68. The number of sulfonamides is 1. The average molecular weight is 358 g/mol. The first kappa shape index (κ1) is 17.2. The molecule has 1 heterocycles. The van der Waals surface area contributed by atoms with E-state index in [1.165, 1.54) is 0 Å². The zero-order valence-electron chi connectivity index (χ0n) is 13.7. The Hall–Kier alpha value is -2.64. The fourth-order valence-electron chi connectivity index (χ4n) is 2.52. The lowest BCUT2D eigenvalue weighted by Gasteiger charge is -2.08. The van der Waals surface area contributed by atoms with E-state index in [0.717, 1.165) is 5.39 Å². The molecule has 0 fully saturated rings. The fraction of sp³-hybridized carbons (Fsp3) is 0.167. The molecule has 0 aliphatic heterocycles. The Morgan fingerprint density at radius 3 is 2.56 bits per heavy atom. The van der Waals surface area contributed by atoms with Gasteiger partial charge in [0.05, 0.1) is 12.9 Å². The Kier molecular flexibility index (Phi) is 4.87. The van der Waals surface area contributed by atoms with E-state index in [-0.39, 0.29) is 17.9 Å². The number of aromatic nitrogens is 1. The van der Waals surface area contributed by atoms with Gasteiger partial charge in [-0.15, -0.1) is 0 Å². The van der Waals surface area contributed by atoms with Crippen LogP contribution in [-0.2, 0) is 22.3 Å². The maximum absolute atomic E-state index is 12.2. The first-order valence-corrected chi connectivity index (χ1v) is 9.33. The molecule has 0 spiro atoms. The summed E-state index contributed by atoms with van der Waals surface area (Å²) in [6.07, 6.45) is 0. The van der Waals surface area contributed by atoms with Gasteiger partial charge in [-0.25, -0.2) is 13.1 Å². The molecule has 0 bridgehead atoms. The number of aromatic amines is 1. The molecule has 130 valence electrons. The second-order valence-electron chi connectivity index (χ2n) is 5.64. The van der Waals surface area contributed by atoms with Crippen molar-refractivity contribution >= 4 is 20.9 Å². The van der Waals surface area contributed by atoms with Crippen molar-refractivity contribution in [2.45, 2.75) is 12.3 Å². The zero-order chi connectivity index (χ0) is 17.9. The van der Waals surface area contributed by atoms with Crippen LogP contribution >= 0.6 is 0 Å². The van der Waals surface area contributed by atoms with E-state index >= 15 is 0 Å². The molecule has 0 aliphatic rings. The fourth-order valence-corrected chi connectivity index (χ4v) is 3.63. The second kappa shape index (κ2) is 7.08. The van der Waals surface area contributed by atoms with Crippen LogP contribution in [0.5, 0.6) is 5.75 Å². The maximum Gasteiger partial charge on any atom is 0.252 e. The molecule has 0 unspecified atom stereocenters. The first-order chi connectivity index (χ1) is 12.0. The van der Waals surface area contributed by atoms with Gasteiger partial charge in [0.2, 0.25) is 10.0 Å². The molecule has 1 aromatic heterocycles.